The van der Waals surface area contributed by atoms with Crippen molar-refractivity contribution in [1.29, 1.82) is 0 Å². The third-order valence-electron chi connectivity index (χ3n) is 3.64. The van der Waals surface area contributed by atoms with E-state index in [9.17, 15) is 0 Å². The topological polar surface area (TPSA) is 37.8 Å². The fraction of sp³-hybridized carbons (Fsp3) is 0.846. The van der Waals surface area contributed by atoms with Crippen LogP contribution in [0.1, 0.15) is 57.4 Å². The molecular weight excluding hydrogens is 230 g/mol. The van der Waals surface area contributed by atoms with Crippen molar-refractivity contribution in [2.45, 2.75) is 64.8 Å². The lowest BCUT2D eigenvalue weighted by molar-refractivity contribution is 0.319. The summed E-state index contributed by atoms with van der Waals surface area (Å²) in [5.74, 6) is 0.971. The average molecular weight is 253 g/mol. The molecule has 0 amide bonds. The number of rotatable bonds is 5. The maximum Gasteiger partial charge on any atom is 0.205 e. The SMILES string of the molecule is CCCC1CCC(Nc2nnc(CC)s2)CC1. The number of anilines is 1. The molecule has 0 bridgehead atoms. The summed E-state index contributed by atoms with van der Waals surface area (Å²) >= 11 is 1.70. The fourth-order valence-electron chi connectivity index (χ4n) is 2.63. The lowest BCUT2D eigenvalue weighted by Crippen LogP contribution is -2.26. The number of hydrogen-bond donors (Lipinski definition) is 1. The zero-order chi connectivity index (χ0) is 12.1. The normalized spacial score (nSPS) is 24.8. The highest BCUT2D eigenvalue weighted by molar-refractivity contribution is 7.15. The summed E-state index contributed by atoms with van der Waals surface area (Å²) in [5, 5.41) is 14.0. The van der Waals surface area contributed by atoms with Crippen molar-refractivity contribution >= 4 is 16.5 Å². The molecule has 96 valence electrons. The first-order valence-corrected chi connectivity index (χ1v) is 7.72. The minimum atomic E-state index is 0.626. The molecular formula is C13H23N3S. The van der Waals surface area contributed by atoms with Crippen molar-refractivity contribution in [3.05, 3.63) is 5.01 Å². The summed E-state index contributed by atoms with van der Waals surface area (Å²) in [7, 11) is 0. The van der Waals surface area contributed by atoms with Gasteiger partial charge >= 0.3 is 0 Å². The van der Waals surface area contributed by atoms with E-state index in [-0.39, 0.29) is 0 Å². The second-order valence-corrected chi connectivity index (χ2v) is 6.07. The lowest BCUT2D eigenvalue weighted by Gasteiger charge is -2.28. The molecule has 0 atom stereocenters. The van der Waals surface area contributed by atoms with E-state index in [4.69, 9.17) is 0 Å². The van der Waals surface area contributed by atoms with Gasteiger partial charge in [-0.1, -0.05) is 38.0 Å². The van der Waals surface area contributed by atoms with Crippen LogP contribution >= 0.6 is 11.3 Å². The number of aromatic nitrogens is 2. The van der Waals surface area contributed by atoms with Crippen molar-refractivity contribution in [3.8, 4) is 0 Å². The first-order valence-electron chi connectivity index (χ1n) is 6.90. The van der Waals surface area contributed by atoms with E-state index in [0.717, 1.165) is 22.5 Å². The highest BCUT2D eigenvalue weighted by atomic mass is 32.1. The van der Waals surface area contributed by atoms with Crippen molar-refractivity contribution < 1.29 is 0 Å². The zero-order valence-corrected chi connectivity index (χ0v) is 11.7. The molecule has 1 aromatic rings. The van der Waals surface area contributed by atoms with Gasteiger partial charge < -0.3 is 5.32 Å². The molecule has 1 heterocycles. The molecule has 4 heteroatoms. The van der Waals surface area contributed by atoms with Crippen molar-refractivity contribution in [1.82, 2.24) is 10.2 Å². The summed E-state index contributed by atoms with van der Waals surface area (Å²) in [5.41, 5.74) is 0. The minimum Gasteiger partial charge on any atom is -0.357 e. The van der Waals surface area contributed by atoms with Gasteiger partial charge in [-0.3, -0.25) is 0 Å². The predicted molar refractivity (Wildman–Crippen MR) is 73.6 cm³/mol. The molecule has 3 nitrogen and oxygen atoms in total. The smallest absolute Gasteiger partial charge is 0.205 e. The molecule has 1 aromatic heterocycles. The third-order valence-corrected chi connectivity index (χ3v) is 4.64. The quantitative estimate of drug-likeness (QED) is 0.865. The number of hydrogen-bond acceptors (Lipinski definition) is 4. The second kappa shape index (κ2) is 6.34. The fourth-order valence-corrected chi connectivity index (χ4v) is 3.39. The molecule has 1 aliphatic rings. The summed E-state index contributed by atoms with van der Waals surface area (Å²) in [6, 6.07) is 0.626. The van der Waals surface area contributed by atoms with Crippen LogP contribution in [0.15, 0.2) is 0 Å². The maximum absolute atomic E-state index is 4.19. The summed E-state index contributed by atoms with van der Waals surface area (Å²) in [6.07, 6.45) is 9.08. The standard InChI is InChI=1S/C13H23N3S/c1-3-5-10-6-8-11(9-7-10)14-13-16-15-12(4-2)17-13/h10-11H,3-9H2,1-2H3,(H,14,16). The molecule has 1 aliphatic carbocycles. The van der Waals surface area contributed by atoms with Crippen LogP contribution in [0.2, 0.25) is 0 Å². The van der Waals surface area contributed by atoms with Gasteiger partial charge in [0, 0.05) is 6.04 Å². The van der Waals surface area contributed by atoms with Crippen LogP contribution < -0.4 is 5.32 Å². The third kappa shape index (κ3) is 3.66. The van der Waals surface area contributed by atoms with Gasteiger partial charge in [-0.2, -0.15) is 0 Å². The average Bonchev–Trinajstić information content (AvgIpc) is 2.80. The Bertz CT molecular complexity index is 329. The van der Waals surface area contributed by atoms with E-state index < -0.39 is 0 Å². The molecule has 0 unspecified atom stereocenters. The van der Waals surface area contributed by atoms with E-state index in [1.807, 2.05) is 0 Å². The van der Waals surface area contributed by atoms with E-state index in [1.54, 1.807) is 11.3 Å². The molecule has 17 heavy (non-hydrogen) atoms. The van der Waals surface area contributed by atoms with Gasteiger partial charge in [-0.25, -0.2) is 0 Å². The molecule has 1 fully saturated rings. The molecule has 0 aliphatic heterocycles. The molecule has 0 aromatic carbocycles. The predicted octanol–water partition coefficient (Wildman–Crippen LogP) is 3.87. The van der Waals surface area contributed by atoms with E-state index >= 15 is 0 Å². The first-order chi connectivity index (χ1) is 8.31. The van der Waals surface area contributed by atoms with Gasteiger partial charge in [-0.05, 0) is 38.0 Å². The van der Waals surface area contributed by atoms with E-state index in [1.165, 1.54) is 38.5 Å². The molecule has 1 N–H and O–H groups in total. The van der Waals surface area contributed by atoms with E-state index in [0.29, 0.717) is 6.04 Å². The summed E-state index contributed by atoms with van der Waals surface area (Å²) < 4.78 is 0. The monoisotopic (exact) mass is 253 g/mol. The Morgan fingerprint density at radius 2 is 1.94 bits per heavy atom. The highest BCUT2D eigenvalue weighted by Crippen LogP contribution is 2.30. The summed E-state index contributed by atoms with van der Waals surface area (Å²) in [4.78, 5) is 0. The first kappa shape index (κ1) is 12.8. The lowest BCUT2D eigenvalue weighted by atomic mass is 9.83. The Labute approximate surface area is 108 Å². The van der Waals surface area contributed by atoms with Crippen LogP contribution in [-0.2, 0) is 6.42 Å². The van der Waals surface area contributed by atoms with Crippen molar-refractivity contribution in [2.75, 3.05) is 5.32 Å². The van der Waals surface area contributed by atoms with Crippen LogP contribution in [0.4, 0.5) is 5.13 Å². The van der Waals surface area contributed by atoms with Gasteiger partial charge in [0.1, 0.15) is 5.01 Å². The Morgan fingerprint density at radius 3 is 2.53 bits per heavy atom. The largest absolute Gasteiger partial charge is 0.357 e. The van der Waals surface area contributed by atoms with Gasteiger partial charge in [0.05, 0.1) is 0 Å². The van der Waals surface area contributed by atoms with Crippen molar-refractivity contribution in [2.24, 2.45) is 5.92 Å². The van der Waals surface area contributed by atoms with Crippen LogP contribution in [0, 0.1) is 5.92 Å². The molecule has 1 saturated carbocycles. The molecule has 0 saturated heterocycles. The second-order valence-electron chi connectivity index (χ2n) is 5.01. The van der Waals surface area contributed by atoms with Crippen molar-refractivity contribution in [3.63, 3.8) is 0 Å². The van der Waals surface area contributed by atoms with Crippen LogP contribution in [0.25, 0.3) is 0 Å². The van der Waals surface area contributed by atoms with Crippen LogP contribution in [-0.4, -0.2) is 16.2 Å². The van der Waals surface area contributed by atoms with Gasteiger partial charge in [0.25, 0.3) is 0 Å². The highest BCUT2D eigenvalue weighted by Gasteiger charge is 2.21. The molecule has 0 spiro atoms. The number of nitrogens with one attached hydrogen (secondary N) is 1. The number of nitrogens with zero attached hydrogens (tertiary/aromatic N) is 2. The van der Waals surface area contributed by atoms with Gasteiger partial charge in [0.2, 0.25) is 5.13 Å². The Morgan fingerprint density at radius 1 is 1.18 bits per heavy atom. The summed E-state index contributed by atoms with van der Waals surface area (Å²) in [6.45, 7) is 4.41. The zero-order valence-electron chi connectivity index (χ0n) is 10.9. The number of aryl methyl sites for hydroxylation is 1. The molecule has 2 rings (SSSR count). The Kier molecular flexibility index (Phi) is 4.77. The molecule has 0 radical (unpaired) electrons. The minimum absolute atomic E-state index is 0.626. The maximum atomic E-state index is 4.19. The van der Waals surface area contributed by atoms with Gasteiger partial charge in [0.15, 0.2) is 0 Å². The Balaban J connectivity index is 1.77. The Hall–Kier alpha value is -0.640. The van der Waals surface area contributed by atoms with Gasteiger partial charge in [-0.15, -0.1) is 10.2 Å². The van der Waals surface area contributed by atoms with Crippen LogP contribution in [0.5, 0.6) is 0 Å². The van der Waals surface area contributed by atoms with Crippen LogP contribution in [0.3, 0.4) is 0 Å². The van der Waals surface area contributed by atoms with E-state index in [2.05, 4.69) is 29.4 Å².